The van der Waals surface area contributed by atoms with Crippen molar-refractivity contribution in [2.75, 3.05) is 37.7 Å². The van der Waals surface area contributed by atoms with Crippen LogP contribution in [0.4, 0.5) is 10.6 Å². The molecule has 138 valence electrons. The first kappa shape index (κ1) is 19.0. The zero-order valence-corrected chi connectivity index (χ0v) is 15.3. The number of rotatable bonds is 6. The summed E-state index contributed by atoms with van der Waals surface area (Å²) in [7, 11) is 0. The van der Waals surface area contributed by atoms with E-state index >= 15 is 0 Å². The Bertz CT molecular complexity index is 572. The Hall–Kier alpha value is -2.31. The number of nitrogens with one attached hydrogen (secondary N) is 1. The second-order valence-corrected chi connectivity index (χ2v) is 6.03. The molecule has 1 aromatic rings. The van der Waals surface area contributed by atoms with Crippen LogP contribution in [0.2, 0.25) is 0 Å². The minimum Gasteiger partial charge on any atom is -0.450 e. The molecule has 1 fully saturated rings. The highest BCUT2D eigenvalue weighted by atomic mass is 16.5. The van der Waals surface area contributed by atoms with Crippen LogP contribution in [-0.4, -0.2) is 60.7 Å². The van der Waals surface area contributed by atoms with Crippen LogP contribution in [0.5, 0.6) is 0 Å². The van der Waals surface area contributed by atoms with Gasteiger partial charge in [0, 0.05) is 38.4 Å². The van der Waals surface area contributed by atoms with E-state index in [1.165, 1.54) is 0 Å². The van der Waals surface area contributed by atoms with E-state index in [0.29, 0.717) is 25.3 Å². The number of likely N-dealkylation sites (tertiary alicyclic amines) is 1. The smallest absolute Gasteiger partial charge is 0.407 e. The van der Waals surface area contributed by atoms with Crippen molar-refractivity contribution in [3.63, 3.8) is 0 Å². The number of hydrogen-bond acceptors (Lipinski definition) is 5. The molecule has 25 heavy (non-hydrogen) atoms. The lowest BCUT2D eigenvalue weighted by Crippen LogP contribution is -2.49. The van der Waals surface area contributed by atoms with Crippen LogP contribution in [0.3, 0.4) is 0 Å². The summed E-state index contributed by atoms with van der Waals surface area (Å²) in [4.78, 5) is 32.6. The van der Waals surface area contributed by atoms with Crippen molar-refractivity contribution in [3.05, 3.63) is 23.9 Å². The summed E-state index contributed by atoms with van der Waals surface area (Å²) in [5.41, 5.74) is 0.577. The molecule has 1 atom stereocenters. The van der Waals surface area contributed by atoms with Gasteiger partial charge in [-0.3, -0.25) is 4.79 Å². The molecule has 1 saturated heterocycles. The number of piperidine rings is 1. The summed E-state index contributed by atoms with van der Waals surface area (Å²) in [5, 5.41) is 2.82. The molecule has 0 spiro atoms. The molecular weight excluding hydrogens is 320 g/mol. The topological polar surface area (TPSA) is 74.8 Å². The maximum Gasteiger partial charge on any atom is 0.407 e. The monoisotopic (exact) mass is 348 g/mol. The van der Waals surface area contributed by atoms with Crippen LogP contribution in [0.1, 0.15) is 44.0 Å². The van der Waals surface area contributed by atoms with Gasteiger partial charge in [0.05, 0.1) is 12.2 Å². The minimum atomic E-state index is -0.424. The zero-order chi connectivity index (χ0) is 18.2. The van der Waals surface area contributed by atoms with E-state index in [9.17, 15) is 9.59 Å². The van der Waals surface area contributed by atoms with Gasteiger partial charge in [-0.15, -0.1) is 0 Å². The lowest BCUT2D eigenvalue weighted by atomic mass is 10.0. The fourth-order valence-corrected chi connectivity index (χ4v) is 3.05. The molecule has 0 aliphatic carbocycles. The van der Waals surface area contributed by atoms with Crippen molar-refractivity contribution in [1.82, 2.24) is 15.2 Å². The van der Waals surface area contributed by atoms with E-state index < -0.39 is 6.09 Å². The fourth-order valence-electron chi connectivity index (χ4n) is 3.05. The summed E-state index contributed by atoms with van der Waals surface area (Å²) >= 11 is 0. The average molecular weight is 348 g/mol. The molecule has 1 aromatic heterocycles. The molecular formula is C18H28N4O3. The van der Waals surface area contributed by atoms with Crippen LogP contribution < -0.4 is 10.2 Å². The normalized spacial score (nSPS) is 17.1. The number of pyridine rings is 1. The molecule has 0 saturated carbocycles. The highest BCUT2D eigenvalue weighted by molar-refractivity contribution is 5.94. The molecule has 1 unspecified atom stereocenters. The van der Waals surface area contributed by atoms with Gasteiger partial charge in [-0.1, -0.05) is 0 Å². The van der Waals surface area contributed by atoms with Crippen LogP contribution in [-0.2, 0) is 4.74 Å². The Morgan fingerprint density at radius 3 is 2.68 bits per heavy atom. The van der Waals surface area contributed by atoms with Crippen LogP contribution in [0.25, 0.3) is 0 Å². The number of alkyl carbamates (subject to hydrolysis) is 1. The van der Waals surface area contributed by atoms with E-state index in [0.717, 1.165) is 31.7 Å². The highest BCUT2D eigenvalue weighted by Crippen LogP contribution is 2.16. The third kappa shape index (κ3) is 5.08. The number of hydrogen-bond donors (Lipinski definition) is 1. The minimum absolute atomic E-state index is 0.0473. The van der Waals surface area contributed by atoms with Crippen molar-refractivity contribution < 1.29 is 14.3 Å². The number of amides is 2. The zero-order valence-electron chi connectivity index (χ0n) is 15.3. The van der Waals surface area contributed by atoms with E-state index in [4.69, 9.17) is 4.74 Å². The van der Waals surface area contributed by atoms with Gasteiger partial charge < -0.3 is 19.9 Å². The number of nitrogens with zero attached hydrogens (tertiary/aromatic N) is 3. The Morgan fingerprint density at radius 1 is 1.32 bits per heavy atom. The quantitative estimate of drug-likeness (QED) is 0.854. The predicted octanol–water partition coefficient (Wildman–Crippen LogP) is 2.28. The third-order valence-corrected chi connectivity index (χ3v) is 4.39. The van der Waals surface area contributed by atoms with E-state index in [-0.39, 0.29) is 11.9 Å². The molecule has 7 heteroatoms. The highest BCUT2D eigenvalue weighted by Gasteiger charge is 2.26. The van der Waals surface area contributed by atoms with Crippen LogP contribution in [0.15, 0.2) is 18.3 Å². The lowest BCUT2D eigenvalue weighted by Gasteiger charge is -2.33. The molecule has 7 nitrogen and oxygen atoms in total. The van der Waals surface area contributed by atoms with Gasteiger partial charge in [0.2, 0.25) is 0 Å². The van der Waals surface area contributed by atoms with Gasteiger partial charge in [-0.05, 0) is 45.7 Å². The summed E-state index contributed by atoms with van der Waals surface area (Å²) in [6, 6.07) is 3.64. The molecule has 2 amide bonds. The van der Waals surface area contributed by atoms with Gasteiger partial charge in [0.15, 0.2) is 0 Å². The largest absolute Gasteiger partial charge is 0.450 e. The average Bonchev–Trinajstić information content (AvgIpc) is 2.63. The van der Waals surface area contributed by atoms with Gasteiger partial charge in [-0.25, -0.2) is 9.78 Å². The summed E-state index contributed by atoms with van der Waals surface area (Å²) in [6.07, 6.45) is 2.92. The number of aromatic nitrogens is 1. The number of anilines is 1. The predicted molar refractivity (Wildman–Crippen MR) is 96.9 cm³/mol. The van der Waals surface area contributed by atoms with Gasteiger partial charge in [0.1, 0.15) is 5.82 Å². The van der Waals surface area contributed by atoms with Crippen molar-refractivity contribution in [2.24, 2.45) is 0 Å². The summed E-state index contributed by atoms with van der Waals surface area (Å²) in [5.74, 6) is 0.830. The van der Waals surface area contributed by atoms with E-state index in [1.54, 1.807) is 18.0 Å². The van der Waals surface area contributed by atoms with Gasteiger partial charge in [0.25, 0.3) is 5.91 Å². The fraction of sp³-hybridized carbons (Fsp3) is 0.611. The van der Waals surface area contributed by atoms with E-state index in [2.05, 4.69) is 29.0 Å². The Kier molecular flexibility index (Phi) is 7.03. The van der Waals surface area contributed by atoms with Crippen molar-refractivity contribution in [2.45, 2.75) is 39.7 Å². The molecule has 0 bridgehead atoms. The van der Waals surface area contributed by atoms with Crippen molar-refractivity contribution in [3.8, 4) is 0 Å². The maximum atomic E-state index is 12.7. The third-order valence-electron chi connectivity index (χ3n) is 4.39. The second kappa shape index (κ2) is 9.25. The first-order chi connectivity index (χ1) is 12.1. The number of carbonyl (C=O) groups is 2. The molecule has 1 aliphatic rings. The van der Waals surface area contributed by atoms with Gasteiger partial charge >= 0.3 is 6.09 Å². The Labute approximate surface area is 149 Å². The van der Waals surface area contributed by atoms with Crippen LogP contribution in [0, 0.1) is 0 Å². The molecule has 1 aliphatic heterocycles. The number of ether oxygens (including phenoxy) is 1. The lowest BCUT2D eigenvalue weighted by molar-refractivity contribution is 0.0685. The first-order valence-corrected chi connectivity index (χ1v) is 9.02. The summed E-state index contributed by atoms with van der Waals surface area (Å²) < 4.78 is 4.91. The molecule has 1 N–H and O–H groups in total. The molecule has 2 rings (SSSR count). The number of carbonyl (C=O) groups excluding carboxylic acids is 2. The second-order valence-electron chi connectivity index (χ2n) is 6.03. The standard InChI is InChI=1S/C18H28N4O3/c1-4-21(5-2)16-10-9-14(12-19-16)17(23)22-11-7-8-15(13-22)20-18(24)25-6-3/h9-10,12,15H,4-8,11,13H2,1-3H3,(H,20,24). The van der Waals surface area contributed by atoms with E-state index in [1.807, 2.05) is 12.1 Å². The first-order valence-electron chi connectivity index (χ1n) is 9.02. The Morgan fingerprint density at radius 2 is 2.08 bits per heavy atom. The van der Waals surface area contributed by atoms with Crippen molar-refractivity contribution in [1.29, 1.82) is 0 Å². The summed E-state index contributed by atoms with van der Waals surface area (Å²) in [6.45, 7) is 9.21. The van der Waals surface area contributed by atoms with Crippen LogP contribution >= 0.6 is 0 Å². The maximum absolute atomic E-state index is 12.7. The van der Waals surface area contributed by atoms with Crippen molar-refractivity contribution >= 4 is 17.8 Å². The SMILES string of the molecule is CCOC(=O)NC1CCCN(C(=O)c2ccc(N(CC)CC)nc2)C1. The van der Waals surface area contributed by atoms with Gasteiger partial charge in [-0.2, -0.15) is 0 Å². The molecule has 0 aromatic carbocycles. The molecule has 0 radical (unpaired) electrons. The Balaban J connectivity index is 1.98. The molecule has 2 heterocycles.